The lowest BCUT2D eigenvalue weighted by Crippen LogP contribution is -2.50. The second-order valence-electron chi connectivity index (χ2n) is 4.93. The predicted octanol–water partition coefficient (Wildman–Crippen LogP) is 1.22. The summed E-state index contributed by atoms with van der Waals surface area (Å²) >= 11 is 0. The zero-order chi connectivity index (χ0) is 13.2. The lowest BCUT2D eigenvalue weighted by atomic mass is 9.71. The average Bonchev–Trinajstić information content (AvgIpc) is 2.80. The van der Waals surface area contributed by atoms with Crippen LogP contribution in [-0.2, 0) is 23.8 Å². The second-order valence-corrected chi connectivity index (χ2v) is 4.93. The molecule has 1 aliphatic heterocycles. The first-order valence-corrected chi connectivity index (χ1v) is 6.12. The minimum atomic E-state index is -1.17. The summed E-state index contributed by atoms with van der Waals surface area (Å²) in [5.41, 5.74) is -1.17. The van der Waals surface area contributed by atoms with Gasteiger partial charge in [0.2, 0.25) is 0 Å². The van der Waals surface area contributed by atoms with Gasteiger partial charge in [0.25, 0.3) is 0 Å². The molecule has 18 heavy (non-hydrogen) atoms. The Labute approximate surface area is 106 Å². The van der Waals surface area contributed by atoms with Crippen LogP contribution >= 0.6 is 0 Å². The third-order valence-electron chi connectivity index (χ3n) is 3.57. The van der Waals surface area contributed by atoms with Crippen molar-refractivity contribution in [2.45, 2.75) is 32.0 Å². The maximum atomic E-state index is 12.0. The monoisotopic (exact) mass is 254 g/mol. The smallest absolute Gasteiger partial charge is 0.319 e. The fourth-order valence-corrected chi connectivity index (χ4v) is 2.53. The molecule has 1 atom stereocenters. The van der Waals surface area contributed by atoms with Crippen LogP contribution in [0.5, 0.6) is 0 Å². The van der Waals surface area contributed by atoms with E-state index in [9.17, 15) is 9.59 Å². The summed E-state index contributed by atoms with van der Waals surface area (Å²) in [7, 11) is 0. The summed E-state index contributed by atoms with van der Waals surface area (Å²) in [5, 5.41) is 0. The maximum absolute atomic E-state index is 12.0. The van der Waals surface area contributed by atoms with Gasteiger partial charge >= 0.3 is 5.97 Å². The summed E-state index contributed by atoms with van der Waals surface area (Å²) in [6.07, 6.45) is 2.50. The van der Waals surface area contributed by atoms with Gasteiger partial charge in [-0.15, -0.1) is 0 Å². The molecule has 5 heteroatoms. The van der Waals surface area contributed by atoms with Crippen LogP contribution in [-0.4, -0.2) is 37.4 Å². The molecule has 0 aromatic carbocycles. The predicted molar refractivity (Wildman–Crippen MR) is 62.8 cm³/mol. The number of esters is 1. The summed E-state index contributed by atoms with van der Waals surface area (Å²) < 4.78 is 16.2. The summed E-state index contributed by atoms with van der Waals surface area (Å²) in [6.45, 7) is 6.20. The van der Waals surface area contributed by atoms with Crippen LogP contribution < -0.4 is 0 Å². The van der Waals surface area contributed by atoms with Gasteiger partial charge in [0.1, 0.15) is 17.8 Å². The second kappa shape index (κ2) is 4.82. The van der Waals surface area contributed by atoms with Gasteiger partial charge in [0, 0.05) is 19.3 Å². The maximum Gasteiger partial charge on any atom is 0.319 e. The van der Waals surface area contributed by atoms with E-state index in [0.29, 0.717) is 19.6 Å². The number of carbonyl (C=O) groups is 2. The van der Waals surface area contributed by atoms with Gasteiger partial charge in [0.15, 0.2) is 5.79 Å². The van der Waals surface area contributed by atoms with Gasteiger partial charge in [-0.3, -0.25) is 9.59 Å². The van der Waals surface area contributed by atoms with Crippen molar-refractivity contribution in [3.63, 3.8) is 0 Å². The van der Waals surface area contributed by atoms with E-state index in [2.05, 4.69) is 6.58 Å². The van der Waals surface area contributed by atoms with Crippen molar-refractivity contribution < 1.29 is 23.8 Å². The molecule has 100 valence electrons. The van der Waals surface area contributed by atoms with E-state index in [1.54, 1.807) is 6.92 Å². The molecule has 1 unspecified atom stereocenters. The molecule has 1 aliphatic carbocycles. The lowest BCUT2D eigenvalue weighted by molar-refractivity contribution is -0.207. The molecule has 2 fully saturated rings. The topological polar surface area (TPSA) is 61.8 Å². The number of Topliss-reactive ketones (excluding diaryl/α,β-unsaturated/α-hetero) is 1. The Balaban J connectivity index is 2.14. The highest BCUT2D eigenvalue weighted by Crippen LogP contribution is 2.44. The Morgan fingerprint density at radius 1 is 1.50 bits per heavy atom. The Hall–Kier alpha value is -1.20. The molecule has 0 aromatic heterocycles. The van der Waals surface area contributed by atoms with E-state index in [1.807, 2.05) is 0 Å². The molecule has 0 bridgehead atoms. The fraction of sp³-hybridized carbons (Fsp3) is 0.692. The Morgan fingerprint density at radius 3 is 2.78 bits per heavy atom. The summed E-state index contributed by atoms with van der Waals surface area (Å²) in [4.78, 5) is 24.1. The summed E-state index contributed by atoms with van der Waals surface area (Å²) in [6, 6.07) is 0. The van der Waals surface area contributed by atoms with Gasteiger partial charge in [-0.1, -0.05) is 12.7 Å². The van der Waals surface area contributed by atoms with E-state index in [-0.39, 0.29) is 25.2 Å². The van der Waals surface area contributed by atoms with Gasteiger partial charge in [-0.2, -0.15) is 0 Å². The van der Waals surface area contributed by atoms with E-state index in [1.165, 1.54) is 6.08 Å². The first kappa shape index (κ1) is 13.2. The number of hydrogen-bond donors (Lipinski definition) is 0. The van der Waals surface area contributed by atoms with Crippen molar-refractivity contribution in [3.8, 4) is 0 Å². The molecule has 1 saturated heterocycles. The van der Waals surface area contributed by atoms with E-state index >= 15 is 0 Å². The molecular formula is C13H18O5. The highest BCUT2D eigenvalue weighted by Gasteiger charge is 2.55. The Morgan fingerprint density at radius 2 is 2.17 bits per heavy atom. The quantitative estimate of drug-likeness (QED) is 0.430. The minimum absolute atomic E-state index is 0.108. The number of ketones is 1. The van der Waals surface area contributed by atoms with Gasteiger partial charge in [0.05, 0.1) is 13.2 Å². The molecule has 0 N–H and O–H groups in total. The van der Waals surface area contributed by atoms with Crippen LogP contribution in [0.1, 0.15) is 26.2 Å². The van der Waals surface area contributed by atoms with E-state index < -0.39 is 17.2 Å². The first-order valence-electron chi connectivity index (χ1n) is 6.12. The molecular weight excluding hydrogens is 236 g/mol. The van der Waals surface area contributed by atoms with Crippen molar-refractivity contribution >= 4 is 11.8 Å². The molecule has 1 spiro atoms. The normalized spacial score (nSPS) is 30.4. The average molecular weight is 254 g/mol. The minimum Gasteiger partial charge on any atom is -0.461 e. The van der Waals surface area contributed by atoms with Crippen molar-refractivity contribution in [1.82, 2.24) is 0 Å². The highest BCUT2D eigenvalue weighted by molar-refractivity contribution is 6.04. The molecule has 0 radical (unpaired) electrons. The highest BCUT2D eigenvalue weighted by atomic mass is 16.7. The van der Waals surface area contributed by atoms with Crippen LogP contribution in [0.3, 0.4) is 0 Å². The molecule has 2 aliphatic rings. The summed E-state index contributed by atoms with van der Waals surface area (Å²) in [5.74, 6) is -1.41. The van der Waals surface area contributed by atoms with Crippen LogP contribution in [0.2, 0.25) is 0 Å². The number of rotatable bonds is 3. The number of hydrogen-bond acceptors (Lipinski definition) is 5. The zero-order valence-electron chi connectivity index (χ0n) is 10.6. The van der Waals surface area contributed by atoms with Gasteiger partial charge in [-0.25, -0.2) is 0 Å². The third kappa shape index (κ3) is 2.20. The molecule has 0 amide bonds. The van der Waals surface area contributed by atoms with Crippen molar-refractivity contribution in [3.05, 3.63) is 12.7 Å². The van der Waals surface area contributed by atoms with Crippen LogP contribution in [0.15, 0.2) is 12.7 Å². The van der Waals surface area contributed by atoms with Crippen LogP contribution in [0.4, 0.5) is 0 Å². The molecule has 5 nitrogen and oxygen atoms in total. The molecule has 1 saturated carbocycles. The van der Waals surface area contributed by atoms with Gasteiger partial charge in [-0.05, 0) is 6.92 Å². The molecule has 2 rings (SSSR count). The largest absolute Gasteiger partial charge is 0.461 e. The SMILES string of the molecule is C=CCOC(=O)C1(C)CC2(CCC1=O)OCCO2. The standard InChI is InChI=1S/C13H18O5/c1-3-6-16-11(15)12(2)9-13(5-4-10(12)14)17-7-8-18-13/h3H,1,4-9H2,2H3. The molecule has 0 aromatic rings. The first-order chi connectivity index (χ1) is 8.52. The van der Waals surface area contributed by atoms with Crippen molar-refractivity contribution in [1.29, 1.82) is 0 Å². The fourth-order valence-electron chi connectivity index (χ4n) is 2.53. The third-order valence-corrected chi connectivity index (χ3v) is 3.57. The van der Waals surface area contributed by atoms with Crippen molar-refractivity contribution in [2.24, 2.45) is 5.41 Å². The molecule has 1 heterocycles. The Bertz CT molecular complexity index is 370. The van der Waals surface area contributed by atoms with Crippen LogP contribution in [0.25, 0.3) is 0 Å². The zero-order valence-corrected chi connectivity index (χ0v) is 10.6. The van der Waals surface area contributed by atoms with Crippen LogP contribution in [0, 0.1) is 5.41 Å². The lowest BCUT2D eigenvalue weighted by Gasteiger charge is -2.39. The van der Waals surface area contributed by atoms with E-state index in [4.69, 9.17) is 14.2 Å². The van der Waals surface area contributed by atoms with Gasteiger partial charge < -0.3 is 14.2 Å². The number of ether oxygens (including phenoxy) is 3. The van der Waals surface area contributed by atoms with E-state index in [0.717, 1.165) is 0 Å². The number of carbonyl (C=O) groups excluding carboxylic acids is 2. The Kier molecular flexibility index (Phi) is 3.54. The van der Waals surface area contributed by atoms with Crippen molar-refractivity contribution in [2.75, 3.05) is 19.8 Å².